The Labute approximate surface area is 176 Å². The molecular weight excluding hydrogens is 416 g/mol. The van der Waals surface area contributed by atoms with Crippen molar-refractivity contribution in [3.8, 4) is 0 Å². The van der Waals surface area contributed by atoms with Crippen LogP contribution in [0.1, 0.15) is 47.9 Å². The number of methoxy groups -OCH3 is 1. The Hall–Kier alpha value is -2.59. The van der Waals surface area contributed by atoms with Crippen LogP contribution in [-0.4, -0.2) is 43.8 Å². The molecule has 0 fully saturated rings. The second kappa shape index (κ2) is 9.27. The van der Waals surface area contributed by atoms with Crippen LogP contribution in [0.2, 0.25) is 5.15 Å². The fourth-order valence-electron chi connectivity index (χ4n) is 2.73. The molecule has 0 spiro atoms. The van der Waals surface area contributed by atoms with E-state index in [1.807, 2.05) is 0 Å². The van der Waals surface area contributed by atoms with Crippen LogP contribution >= 0.6 is 22.9 Å². The molecule has 11 heteroatoms. The van der Waals surface area contributed by atoms with E-state index in [9.17, 15) is 9.59 Å². The van der Waals surface area contributed by atoms with Gasteiger partial charge in [-0.25, -0.2) is 9.78 Å². The maximum Gasteiger partial charge on any atom is 0.357 e. The fraction of sp³-hybridized carbons (Fsp3) is 0.444. The van der Waals surface area contributed by atoms with Crippen LogP contribution in [0.4, 0.5) is 5.13 Å². The first-order valence-corrected chi connectivity index (χ1v) is 10.3. The summed E-state index contributed by atoms with van der Waals surface area (Å²) in [5, 5.41) is 15.8. The summed E-state index contributed by atoms with van der Waals surface area (Å²) in [7, 11) is 1.31. The number of carbonyl (C=O) groups excluding carboxylic acids is 2. The van der Waals surface area contributed by atoms with E-state index in [1.165, 1.54) is 18.4 Å². The predicted octanol–water partition coefficient (Wildman–Crippen LogP) is 3.18. The zero-order valence-electron chi connectivity index (χ0n) is 16.3. The van der Waals surface area contributed by atoms with Crippen molar-refractivity contribution in [2.45, 2.75) is 39.5 Å². The summed E-state index contributed by atoms with van der Waals surface area (Å²) in [4.78, 5) is 29.3. The van der Waals surface area contributed by atoms with Crippen LogP contribution in [0.5, 0.6) is 0 Å². The number of amides is 1. The lowest BCUT2D eigenvalue weighted by Gasteiger charge is -2.02. The van der Waals surface area contributed by atoms with Gasteiger partial charge in [0, 0.05) is 17.7 Å². The summed E-state index contributed by atoms with van der Waals surface area (Å²) in [5.41, 5.74) is 0.865. The lowest BCUT2D eigenvalue weighted by Crippen LogP contribution is -2.12. The summed E-state index contributed by atoms with van der Waals surface area (Å²) in [5.74, 6) is 0.299. The number of nitrogens with one attached hydrogen (secondary N) is 1. The predicted molar refractivity (Wildman–Crippen MR) is 109 cm³/mol. The van der Waals surface area contributed by atoms with Gasteiger partial charge < -0.3 is 10.1 Å². The third-order valence-electron chi connectivity index (χ3n) is 4.02. The van der Waals surface area contributed by atoms with Crippen molar-refractivity contribution in [3.63, 3.8) is 0 Å². The first-order chi connectivity index (χ1) is 13.9. The number of halogens is 1. The van der Waals surface area contributed by atoms with Crippen molar-refractivity contribution in [3.05, 3.63) is 33.7 Å². The van der Waals surface area contributed by atoms with Gasteiger partial charge in [-0.05, 0) is 30.9 Å². The zero-order valence-corrected chi connectivity index (χ0v) is 17.9. The summed E-state index contributed by atoms with van der Waals surface area (Å²) in [6, 6.07) is 3.38. The number of ether oxygens (including phenoxy) is 1. The van der Waals surface area contributed by atoms with E-state index in [-0.39, 0.29) is 18.0 Å². The molecule has 0 aliphatic carbocycles. The van der Waals surface area contributed by atoms with E-state index in [2.05, 4.69) is 39.4 Å². The van der Waals surface area contributed by atoms with Gasteiger partial charge in [0.2, 0.25) is 5.91 Å². The molecule has 3 aromatic heterocycles. The number of aromatic nitrogens is 5. The Kier molecular flexibility index (Phi) is 6.75. The highest BCUT2D eigenvalue weighted by Gasteiger charge is 2.20. The largest absolute Gasteiger partial charge is 0.464 e. The van der Waals surface area contributed by atoms with Gasteiger partial charge in [0.25, 0.3) is 0 Å². The van der Waals surface area contributed by atoms with Gasteiger partial charge in [0.15, 0.2) is 22.3 Å². The van der Waals surface area contributed by atoms with E-state index < -0.39 is 5.97 Å². The molecule has 154 valence electrons. The van der Waals surface area contributed by atoms with E-state index in [0.29, 0.717) is 46.9 Å². The first-order valence-electron chi connectivity index (χ1n) is 9.12. The number of esters is 1. The van der Waals surface area contributed by atoms with Crippen molar-refractivity contribution >= 4 is 45.6 Å². The van der Waals surface area contributed by atoms with Crippen LogP contribution in [-0.2, 0) is 22.4 Å². The molecule has 0 aliphatic heterocycles. The van der Waals surface area contributed by atoms with E-state index in [0.717, 1.165) is 4.88 Å². The lowest BCUT2D eigenvalue weighted by molar-refractivity contribution is -0.116. The number of rotatable bonds is 8. The highest BCUT2D eigenvalue weighted by molar-refractivity contribution is 7.16. The number of hydrogen-bond acceptors (Lipinski definition) is 8. The third-order valence-corrected chi connectivity index (χ3v) is 5.21. The molecule has 0 radical (unpaired) electrons. The maximum absolute atomic E-state index is 12.3. The number of thiazole rings is 1. The molecule has 1 amide bonds. The van der Waals surface area contributed by atoms with Crippen LogP contribution < -0.4 is 5.32 Å². The van der Waals surface area contributed by atoms with Crippen LogP contribution in [0, 0.1) is 5.92 Å². The van der Waals surface area contributed by atoms with Gasteiger partial charge in [-0.2, -0.15) is 9.61 Å². The minimum absolute atomic E-state index is 0.189. The molecule has 9 nitrogen and oxygen atoms in total. The second-order valence-electron chi connectivity index (χ2n) is 6.82. The Morgan fingerprint density at radius 1 is 1.31 bits per heavy atom. The third kappa shape index (κ3) is 5.27. The fourth-order valence-corrected chi connectivity index (χ4v) is 4.04. The Morgan fingerprint density at radius 3 is 2.83 bits per heavy atom. The van der Waals surface area contributed by atoms with Gasteiger partial charge >= 0.3 is 5.97 Å². The van der Waals surface area contributed by atoms with E-state index >= 15 is 0 Å². The smallest absolute Gasteiger partial charge is 0.357 e. The molecule has 3 heterocycles. The molecule has 29 heavy (non-hydrogen) atoms. The molecule has 0 bridgehead atoms. The summed E-state index contributed by atoms with van der Waals surface area (Å²) in [6.07, 6.45) is 2.02. The normalized spacial score (nSPS) is 11.2. The number of fused-ring (bicyclic) bond motifs is 1. The highest BCUT2D eigenvalue weighted by atomic mass is 35.5. The van der Waals surface area contributed by atoms with Crippen LogP contribution in [0.25, 0.3) is 5.65 Å². The topological polar surface area (TPSA) is 111 Å². The van der Waals surface area contributed by atoms with Crippen molar-refractivity contribution in [1.29, 1.82) is 0 Å². The summed E-state index contributed by atoms with van der Waals surface area (Å²) >= 11 is 7.21. The molecule has 0 saturated heterocycles. The molecule has 0 atom stereocenters. The SMILES string of the molecule is COC(=O)c1nc(NC(=O)CCCc2nnc3ccc(Cl)nn23)sc1CC(C)C. The maximum atomic E-state index is 12.3. The van der Waals surface area contributed by atoms with E-state index in [4.69, 9.17) is 16.3 Å². The molecule has 0 unspecified atom stereocenters. The molecule has 3 aromatic rings. The molecule has 3 rings (SSSR count). The molecule has 0 saturated carbocycles. The van der Waals surface area contributed by atoms with Crippen LogP contribution in [0.3, 0.4) is 0 Å². The second-order valence-corrected chi connectivity index (χ2v) is 8.30. The zero-order chi connectivity index (χ0) is 21.0. The number of hydrogen-bond donors (Lipinski definition) is 1. The van der Waals surface area contributed by atoms with Crippen LogP contribution in [0.15, 0.2) is 12.1 Å². The Morgan fingerprint density at radius 2 is 2.10 bits per heavy atom. The Bertz CT molecular complexity index is 1030. The monoisotopic (exact) mass is 436 g/mol. The molecule has 1 N–H and O–H groups in total. The van der Waals surface area contributed by atoms with Gasteiger partial charge in [-0.1, -0.05) is 25.4 Å². The Balaban J connectivity index is 1.59. The minimum Gasteiger partial charge on any atom is -0.464 e. The number of aryl methyl sites for hydroxylation is 1. The summed E-state index contributed by atoms with van der Waals surface area (Å²) in [6.45, 7) is 4.10. The van der Waals surface area contributed by atoms with E-state index in [1.54, 1.807) is 16.6 Å². The van der Waals surface area contributed by atoms with Crippen molar-refractivity contribution < 1.29 is 14.3 Å². The average Bonchev–Trinajstić information content (AvgIpc) is 3.24. The molecule has 0 aliphatic rings. The number of nitrogens with zero attached hydrogens (tertiary/aromatic N) is 5. The number of carbonyl (C=O) groups is 2. The number of anilines is 1. The van der Waals surface area contributed by atoms with Gasteiger partial charge in [0.05, 0.1) is 7.11 Å². The minimum atomic E-state index is -0.498. The van der Waals surface area contributed by atoms with Gasteiger partial charge in [-0.3, -0.25) is 4.79 Å². The molecular formula is C18H21ClN6O3S. The average molecular weight is 437 g/mol. The summed E-state index contributed by atoms with van der Waals surface area (Å²) < 4.78 is 6.36. The first kappa shape index (κ1) is 21.1. The highest BCUT2D eigenvalue weighted by Crippen LogP contribution is 2.26. The molecule has 0 aromatic carbocycles. The standard InChI is InChI=1S/C18H21ClN6O3S/c1-10(2)9-11-16(17(27)28-3)21-18(29-11)20-15(26)6-4-5-13-22-23-14-8-7-12(19)24-25(13)14/h7-8,10H,4-6,9H2,1-3H3,(H,20,21,26). The quantitative estimate of drug-likeness (QED) is 0.539. The van der Waals surface area contributed by atoms with Crippen molar-refractivity contribution in [2.75, 3.05) is 12.4 Å². The van der Waals surface area contributed by atoms with Crippen molar-refractivity contribution in [1.82, 2.24) is 24.8 Å². The lowest BCUT2D eigenvalue weighted by atomic mass is 10.1. The van der Waals surface area contributed by atoms with Crippen molar-refractivity contribution in [2.24, 2.45) is 5.92 Å². The van der Waals surface area contributed by atoms with Gasteiger partial charge in [0.1, 0.15) is 5.15 Å². The van der Waals surface area contributed by atoms with Gasteiger partial charge in [-0.15, -0.1) is 21.5 Å².